The van der Waals surface area contributed by atoms with E-state index in [0.717, 1.165) is 6.54 Å². The number of aromatic nitrogens is 1. The highest BCUT2D eigenvalue weighted by Crippen LogP contribution is 2.25. The number of carbonyl (C=O) groups excluding carboxylic acids is 1. The van der Waals surface area contributed by atoms with Crippen molar-refractivity contribution in [1.82, 2.24) is 10.3 Å². The molecule has 0 aromatic carbocycles. The largest absolute Gasteiger partial charge is 0.384 e. The summed E-state index contributed by atoms with van der Waals surface area (Å²) in [7, 11) is 0. The summed E-state index contributed by atoms with van der Waals surface area (Å²) in [6.07, 6.45) is 3.69. The van der Waals surface area contributed by atoms with E-state index in [2.05, 4.69) is 10.3 Å². The van der Waals surface area contributed by atoms with Crippen LogP contribution in [0.15, 0.2) is 12.1 Å². The average molecular weight is 240 g/mol. The summed E-state index contributed by atoms with van der Waals surface area (Å²) in [6, 6.07) is 3.05. The lowest BCUT2D eigenvalue weighted by molar-refractivity contribution is 0.0939. The first-order chi connectivity index (χ1) is 7.65. The first-order valence-electron chi connectivity index (χ1n) is 5.36. The summed E-state index contributed by atoms with van der Waals surface area (Å²) in [5, 5.41) is 3.12. The Morgan fingerprint density at radius 1 is 1.56 bits per heavy atom. The Morgan fingerprint density at radius 2 is 2.31 bits per heavy atom. The van der Waals surface area contributed by atoms with E-state index in [1.54, 1.807) is 0 Å². The lowest BCUT2D eigenvalue weighted by atomic mass is 9.85. The summed E-state index contributed by atoms with van der Waals surface area (Å²) in [5.41, 5.74) is 5.98. The number of rotatable bonds is 3. The van der Waals surface area contributed by atoms with Crippen LogP contribution in [0.4, 0.5) is 5.82 Å². The minimum atomic E-state index is -0.136. The second-order valence-electron chi connectivity index (χ2n) is 4.11. The van der Waals surface area contributed by atoms with Crippen molar-refractivity contribution in [2.24, 2.45) is 5.92 Å². The molecule has 0 aliphatic heterocycles. The fourth-order valence-corrected chi connectivity index (χ4v) is 1.90. The van der Waals surface area contributed by atoms with E-state index in [-0.39, 0.29) is 16.9 Å². The molecule has 1 aliphatic carbocycles. The third-order valence-electron chi connectivity index (χ3n) is 2.85. The molecule has 1 saturated carbocycles. The van der Waals surface area contributed by atoms with Crippen molar-refractivity contribution in [3.8, 4) is 0 Å². The molecule has 5 heteroatoms. The van der Waals surface area contributed by atoms with Crippen LogP contribution >= 0.6 is 11.6 Å². The van der Waals surface area contributed by atoms with Gasteiger partial charge in [0.05, 0.1) is 0 Å². The third-order valence-corrected chi connectivity index (χ3v) is 3.05. The highest BCUT2D eigenvalue weighted by molar-refractivity contribution is 6.29. The van der Waals surface area contributed by atoms with Gasteiger partial charge in [0.2, 0.25) is 0 Å². The predicted molar refractivity (Wildman–Crippen MR) is 63.3 cm³/mol. The molecule has 16 heavy (non-hydrogen) atoms. The molecule has 1 aromatic rings. The zero-order valence-corrected chi connectivity index (χ0v) is 9.63. The maximum absolute atomic E-state index is 11.7. The summed E-state index contributed by atoms with van der Waals surface area (Å²) in [4.78, 5) is 15.5. The minimum Gasteiger partial charge on any atom is -0.384 e. The number of hydrogen-bond donors (Lipinski definition) is 2. The number of anilines is 1. The zero-order valence-electron chi connectivity index (χ0n) is 8.87. The summed E-state index contributed by atoms with van der Waals surface area (Å²) in [6.45, 7) is 0.735. The fraction of sp³-hybridized carbons (Fsp3) is 0.455. The molecule has 0 bridgehead atoms. The number of nitrogens with one attached hydrogen (secondary N) is 1. The molecule has 1 aromatic heterocycles. The van der Waals surface area contributed by atoms with E-state index < -0.39 is 0 Å². The zero-order chi connectivity index (χ0) is 11.5. The lowest BCUT2D eigenvalue weighted by Gasteiger charge is -2.25. The van der Waals surface area contributed by atoms with Gasteiger partial charge in [0, 0.05) is 12.1 Å². The Kier molecular flexibility index (Phi) is 3.29. The van der Waals surface area contributed by atoms with Crippen molar-refractivity contribution in [1.29, 1.82) is 0 Å². The predicted octanol–water partition coefficient (Wildman–Crippen LogP) is 1.85. The second-order valence-corrected chi connectivity index (χ2v) is 4.50. The number of pyridine rings is 1. The van der Waals surface area contributed by atoms with Crippen LogP contribution < -0.4 is 11.1 Å². The lowest BCUT2D eigenvalue weighted by Crippen LogP contribution is -2.32. The molecular weight excluding hydrogens is 226 g/mol. The van der Waals surface area contributed by atoms with Crippen molar-refractivity contribution < 1.29 is 4.79 Å². The molecule has 0 saturated heterocycles. The Balaban J connectivity index is 1.96. The highest BCUT2D eigenvalue weighted by Gasteiger charge is 2.18. The van der Waals surface area contributed by atoms with Crippen LogP contribution in [0.1, 0.15) is 29.6 Å². The van der Waals surface area contributed by atoms with Crippen LogP contribution in [0.2, 0.25) is 5.15 Å². The molecule has 1 heterocycles. The average Bonchev–Trinajstić information content (AvgIpc) is 2.13. The van der Waals surface area contributed by atoms with E-state index in [1.807, 2.05) is 0 Å². The summed E-state index contributed by atoms with van der Waals surface area (Å²) in [5.74, 6) is 0.766. The molecule has 86 valence electrons. The normalized spacial score (nSPS) is 15.6. The number of carbonyl (C=O) groups is 1. The van der Waals surface area contributed by atoms with Gasteiger partial charge in [0.25, 0.3) is 5.91 Å². The summed E-state index contributed by atoms with van der Waals surface area (Å²) >= 11 is 5.72. The third kappa shape index (κ3) is 2.64. The van der Waals surface area contributed by atoms with Crippen molar-refractivity contribution in [2.45, 2.75) is 19.3 Å². The molecule has 4 nitrogen and oxygen atoms in total. The smallest absolute Gasteiger partial charge is 0.251 e. The van der Waals surface area contributed by atoms with Crippen LogP contribution in [0.25, 0.3) is 0 Å². The van der Waals surface area contributed by atoms with Crippen molar-refractivity contribution in [3.63, 3.8) is 0 Å². The minimum absolute atomic E-state index is 0.136. The van der Waals surface area contributed by atoms with E-state index in [0.29, 0.717) is 11.5 Å². The molecule has 1 aliphatic rings. The van der Waals surface area contributed by atoms with Gasteiger partial charge in [-0.15, -0.1) is 0 Å². The molecule has 0 atom stereocenters. The number of amides is 1. The van der Waals surface area contributed by atoms with Crippen LogP contribution in [-0.2, 0) is 0 Å². The standard InChI is InChI=1S/C11H14ClN3O/c12-9-4-8(5-10(13)15-9)11(16)14-6-7-2-1-3-7/h4-5,7H,1-3,6H2,(H2,13,15)(H,14,16). The van der Waals surface area contributed by atoms with Gasteiger partial charge in [-0.25, -0.2) is 4.98 Å². The maximum atomic E-state index is 11.7. The quantitative estimate of drug-likeness (QED) is 0.791. The Hall–Kier alpha value is -1.29. The SMILES string of the molecule is Nc1cc(C(=O)NCC2CCC2)cc(Cl)n1. The van der Waals surface area contributed by atoms with E-state index in [1.165, 1.54) is 31.4 Å². The molecule has 0 radical (unpaired) electrons. The van der Waals surface area contributed by atoms with Crippen molar-refractivity contribution in [3.05, 3.63) is 22.8 Å². The van der Waals surface area contributed by atoms with Gasteiger partial charge in [-0.2, -0.15) is 0 Å². The highest BCUT2D eigenvalue weighted by atomic mass is 35.5. The van der Waals surface area contributed by atoms with Crippen LogP contribution in [0.5, 0.6) is 0 Å². The van der Waals surface area contributed by atoms with Gasteiger partial charge in [-0.1, -0.05) is 18.0 Å². The topological polar surface area (TPSA) is 68.0 Å². The van der Waals surface area contributed by atoms with Gasteiger partial charge in [0.1, 0.15) is 11.0 Å². The number of nitrogens with zero attached hydrogens (tertiary/aromatic N) is 1. The first kappa shape index (κ1) is 11.2. The number of nitrogens with two attached hydrogens (primary N) is 1. The Bertz CT molecular complexity index is 384. The number of nitrogen functional groups attached to an aromatic ring is 1. The van der Waals surface area contributed by atoms with E-state index in [9.17, 15) is 4.79 Å². The van der Waals surface area contributed by atoms with E-state index >= 15 is 0 Å². The summed E-state index contributed by atoms with van der Waals surface area (Å²) < 4.78 is 0. The molecule has 1 amide bonds. The molecule has 3 N–H and O–H groups in total. The molecule has 0 unspecified atom stereocenters. The fourth-order valence-electron chi connectivity index (χ4n) is 1.68. The van der Waals surface area contributed by atoms with Gasteiger partial charge in [-0.05, 0) is 30.9 Å². The maximum Gasteiger partial charge on any atom is 0.251 e. The first-order valence-corrected chi connectivity index (χ1v) is 5.74. The van der Waals surface area contributed by atoms with Gasteiger partial charge >= 0.3 is 0 Å². The number of hydrogen-bond acceptors (Lipinski definition) is 3. The van der Waals surface area contributed by atoms with Gasteiger partial charge in [-0.3, -0.25) is 4.79 Å². The van der Waals surface area contributed by atoms with Gasteiger partial charge < -0.3 is 11.1 Å². The van der Waals surface area contributed by atoms with Gasteiger partial charge in [0.15, 0.2) is 0 Å². The molecular formula is C11H14ClN3O. The van der Waals surface area contributed by atoms with Crippen LogP contribution in [-0.4, -0.2) is 17.4 Å². The Labute approximate surface area is 99.2 Å². The second kappa shape index (κ2) is 4.70. The monoisotopic (exact) mass is 239 g/mol. The molecule has 2 rings (SSSR count). The molecule has 0 spiro atoms. The van der Waals surface area contributed by atoms with Crippen LogP contribution in [0, 0.1) is 5.92 Å². The Morgan fingerprint density at radius 3 is 2.88 bits per heavy atom. The van der Waals surface area contributed by atoms with E-state index in [4.69, 9.17) is 17.3 Å². The molecule has 1 fully saturated rings. The van der Waals surface area contributed by atoms with Crippen molar-refractivity contribution in [2.75, 3.05) is 12.3 Å². The number of halogens is 1. The van der Waals surface area contributed by atoms with Crippen LogP contribution in [0.3, 0.4) is 0 Å². The van der Waals surface area contributed by atoms with Crippen molar-refractivity contribution >= 4 is 23.3 Å².